The summed E-state index contributed by atoms with van der Waals surface area (Å²) in [4.78, 5) is 27.4. The lowest BCUT2D eigenvalue weighted by Crippen LogP contribution is -2.29. The van der Waals surface area contributed by atoms with Gasteiger partial charge in [0.2, 0.25) is 12.2 Å². The maximum atomic E-state index is 11.2. The first-order chi connectivity index (χ1) is 6.77. The summed E-state index contributed by atoms with van der Waals surface area (Å²) in [5.41, 5.74) is 0. The van der Waals surface area contributed by atoms with Gasteiger partial charge in [-0.2, -0.15) is 4.98 Å². The fourth-order valence-corrected chi connectivity index (χ4v) is 1.37. The third-order valence-electron chi connectivity index (χ3n) is 2.15. The van der Waals surface area contributed by atoms with Gasteiger partial charge in [0.1, 0.15) is 0 Å². The van der Waals surface area contributed by atoms with Crippen molar-refractivity contribution in [3.8, 4) is 0 Å². The van der Waals surface area contributed by atoms with Crippen LogP contribution in [0.25, 0.3) is 0 Å². The number of hydrogen-bond acceptors (Lipinski definition) is 5. The summed E-state index contributed by atoms with van der Waals surface area (Å²) in [7, 11) is 0. The summed E-state index contributed by atoms with van der Waals surface area (Å²) in [5.74, 6) is -0.149. The Morgan fingerprint density at radius 1 is 1.50 bits per heavy atom. The zero-order chi connectivity index (χ0) is 9.97. The van der Waals surface area contributed by atoms with Gasteiger partial charge >= 0.3 is 0 Å². The van der Waals surface area contributed by atoms with E-state index in [4.69, 9.17) is 0 Å². The number of ketones is 1. The molecule has 6 nitrogen and oxygen atoms in total. The minimum Gasteiger partial charge on any atom is -0.343 e. The molecule has 0 aliphatic carbocycles. The van der Waals surface area contributed by atoms with Gasteiger partial charge < -0.3 is 9.42 Å². The minimum absolute atomic E-state index is 0.307. The van der Waals surface area contributed by atoms with Crippen molar-refractivity contribution in [3.05, 3.63) is 12.2 Å². The second kappa shape index (κ2) is 3.57. The fraction of sp³-hybridized carbons (Fsp3) is 0.500. The van der Waals surface area contributed by atoms with Crippen LogP contribution in [0.15, 0.2) is 10.9 Å². The Balaban J connectivity index is 1.87. The van der Waals surface area contributed by atoms with Crippen LogP contribution in [0.4, 0.5) is 0 Å². The molecule has 1 aromatic rings. The van der Waals surface area contributed by atoms with Crippen LogP contribution >= 0.6 is 0 Å². The van der Waals surface area contributed by atoms with Crippen molar-refractivity contribution >= 4 is 11.7 Å². The van der Waals surface area contributed by atoms with E-state index >= 15 is 0 Å². The first-order valence-corrected chi connectivity index (χ1v) is 4.35. The number of Topliss-reactive ketones (excluding diaryl/α,β-unsaturated/α-hetero) is 1. The molecule has 1 amide bonds. The number of carbonyl (C=O) groups is 2. The molecule has 1 fully saturated rings. The van der Waals surface area contributed by atoms with Gasteiger partial charge in [-0.05, 0) is 0 Å². The van der Waals surface area contributed by atoms with Crippen molar-refractivity contribution in [2.75, 3.05) is 13.1 Å². The SMILES string of the molecule is O=C1CCN(CCc2ncon2)C1=O. The monoisotopic (exact) mass is 195 g/mol. The van der Waals surface area contributed by atoms with E-state index in [1.54, 1.807) is 0 Å². The molecule has 0 saturated carbocycles. The van der Waals surface area contributed by atoms with Crippen LogP contribution in [-0.4, -0.2) is 39.8 Å². The van der Waals surface area contributed by atoms with Crippen molar-refractivity contribution in [2.45, 2.75) is 12.8 Å². The smallest absolute Gasteiger partial charge is 0.290 e. The summed E-state index contributed by atoms with van der Waals surface area (Å²) in [6, 6.07) is 0. The lowest BCUT2D eigenvalue weighted by atomic mass is 10.3. The van der Waals surface area contributed by atoms with Crippen LogP contribution in [0.2, 0.25) is 0 Å². The van der Waals surface area contributed by atoms with Gasteiger partial charge in [-0.3, -0.25) is 9.59 Å². The first-order valence-electron chi connectivity index (χ1n) is 4.35. The number of carbonyl (C=O) groups excluding carboxylic acids is 2. The highest BCUT2D eigenvalue weighted by Gasteiger charge is 2.28. The Bertz CT molecular complexity index is 347. The Morgan fingerprint density at radius 2 is 2.36 bits per heavy atom. The van der Waals surface area contributed by atoms with Crippen molar-refractivity contribution in [1.29, 1.82) is 0 Å². The van der Waals surface area contributed by atoms with E-state index in [-0.39, 0.29) is 5.78 Å². The lowest BCUT2D eigenvalue weighted by molar-refractivity contribution is -0.139. The highest BCUT2D eigenvalue weighted by Crippen LogP contribution is 2.06. The average Bonchev–Trinajstić information content (AvgIpc) is 2.77. The minimum atomic E-state index is -0.395. The Morgan fingerprint density at radius 3 is 2.93 bits per heavy atom. The van der Waals surface area contributed by atoms with Crippen LogP contribution in [0.3, 0.4) is 0 Å². The molecule has 0 aromatic carbocycles. The van der Waals surface area contributed by atoms with Crippen molar-refractivity contribution < 1.29 is 14.1 Å². The van der Waals surface area contributed by atoms with E-state index in [0.717, 1.165) is 0 Å². The number of likely N-dealkylation sites (tertiary alicyclic amines) is 1. The number of hydrogen-bond donors (Lipinski definition) is 0. The molecule has 14 heavy (non-hydrogen) atoms. The molecule has 0 atom stereocenters. The summed E-state index contributed by atoms with van der Waals surface area (Å²) >= 11 is 0. The molecule has 0 N–H and O–H groups in total. The van der Waals surface area contributed by atoms with Gasteiger partial charge in [-0.1, -0.05) is 5.16 Å². The van der Waals surface area contributed by atoms with Gasteiger partial charge in [0, 0.05) is 25.9 Å². The largest absolute Gasteiger partial charge is 0.343 e. The van der Waals surface area contributed by atoms with Crippen LogP contribution in [0.5, 0.6) is 0 Å². The summed E-state index contributed by atoms with van der Waals surface area (Å²) in [6.45, 7) is 0.986. The number of aromatic nitrogens is 2. The van der Waals surface area contributed by atoms with Gasteiger partial charge in [-0.15, -0.1) is 0 Å². The number of nitrogens with zero attached hydrogens (tertiary/aromatic N) is 3. The maximum absolute atomic E-state index is 11.2. The maximum Gasteiger partial charge on any atom is 0.290 e. The molecular weight excluding hydrogens is 186 g/mol. The molecular formula is C8H9N3O3. The number of amides is 1. The van der Waals surface area contributed by atoms with E-state index in [0.29, 0.717) is 31.8 Å². The molecule has 1 aliphatic rings. The summed E-state index contributed by atoms with van der Waals surface area (Å²) < 4.78 is 4.55. The van der Waals surface area contributed by atoms with Crippen LogP contribution < -0.4 is 0 Å². The molecule has 0 radical (unpaired) electrons. The zero-order valence-electron chi connectivity index (χ0n) is 7.47. The topological polar surface area (TPSA) is 76.3 Å². The molecule has 0 bridgehead atoms. The predicted octanol–water partition coefficient (Wildman–Crippen LogP) is -0.587. The molecule has 1 aromatic heterocycles. The molecule has 0 spiro atoms. The number of rotatable bonds is 3. The first kappa shape index (κ1) is 8.86. The molecule has 1 saturated heterocycles. The quantitative estimate of drug-likeness (QED) is 0.603. The van der Waals surface area contributed by atoms with Crippen LogP contribution in [-0.2, 0) is 16.0 Å². The average molecular weight is 195 g/mol. The van der Waals surface area contributed by atoms with Crippen molar-refractivity contribution in [3.63, 3.8) is 0 Å². The lowest BCUT2D eigenvalue weighted by Gasteiger charge is -2.11. The van der Waals surface area contributed by atoms with Crippen molar-refractivity contribution in [1.82, 2.24) is 15.0 Å². The Hall–Kier alpha value is -1.72. The van der Waals surface area contributed by atoms with Gasteiger partial charge in [0.05, 0.1) is 0 Å². The van der Waals surface area contributed by atoms with Gasteiger partial charge in [-0.25, -0.2) is 0 Å². The Kier molecular flexibility index (Phi) is 2.26. The van der Waals surface area contributed by atoms with Crippen LogP contribution in [0.1, 0.15) is 12.2 Å². The molecule has 6 heteroatoms. The third kappa shape index (κ3) is 1.63. The highest BCUT2D eigenvalue weighted by atomic mass is 16.5. The molecule has 74 valence electrons. The fourth-order valence-electron chi connectivity index (χ4n) is 1.37. The van der Waals surface area contributed by atoms with E-state index in [1.165, 1.54) is 11.3 Å². The zero-order valence-corrected chi connectivity index (χ0v) is 7.47. The van der Waals surface area contributed by atoms with Gasteiger partial charge in [0.25, 0.3) is 5.91 Å². The second-order valence-electron chi connectivity index (χ2n) is 3.06. The van der Waals surface area contributed by atoms with E-state index in [1.807, 2.05) is 0 Å². The second-order valence-corrected chi connectivity index (χ2v) is 3.06. The van der Waals surface area contributed by atoms with E-state index < -0.39 is 5.91 Å². The summed E-state index contributed by atoms with van der Waals surface area (Å²) in [6.07, 6.45) is 2.09. The highest BCUT2D eigenvalue weighted by molar-refractivity contribution is 6.37. The molecule has 0 unspecified atom stereocenters. The molecule has 1 aliphatic heterocycles. The van der Waals surface area contributed by atoms with E-state index in [9.17, 15) is 9.59 Å². The normalized spacial score (nSPS) is 16.7. The molecule has 2 heterocycles. The predicted molar refractivity (Wildman–Crippen MR) is 44.2 cm³/mol. The van der Waals surface area contributed by atoms with Gasteiger partial charge in [0.15, 0.2) is 5.82 Å². The summed E-state index contributed by atoms with van der Waals surface area (Å²) in [5, 5.41) is 3.61. The van der Waals surface area contributed by atoms with E-state index in [2.05, 4.69) is 14.7 Å². The molecule has 2 rings (SSSR count). The standard InChI is InChI=1S/C8H9N3O3/c12-6-1-3-11(8(6)13)4-2-7-9-5-14-10-7/h5H,1-4H2. The van der Waals surface area contributed by atoms with Crippen LogP contribution in [0, 0.1) is 0 Å². The third-order valence-corrected chi connectivity index (χ3v) is 2.15. The van der Waals surface area contributed by atoms with Crippen molar-refractivity contribution in [2.24, 2.45) is 0 Å². The Labute approximate surface area is 79.9 Å².